The predicted molar refractivity (Wildman–Crippen MR) is 150 cm³/mol. The van der Waals surface area contributed by atoms with Gasteiger partial charge in [-0.2, -0.15) is 0 Å². The Bertz CT molecular complexity index is 1920. The molecule has 1 N–H and O–H groups in total. The number of hydrogen-bond acceptors (Lipinski definition) is 6. The van der Waals surface area contributed by atoms with Crippen molar-refractivity contribution in [3.63, 3.8) is 0 Å². The molecule has 0 aliphatic heterocycles. The van der Waals surface area contributed by atoms with Crippen molar-refractivity contribution < 1.29 is 0 Å². The lowest BCUT2D eigenvalue weighted by Gasteiger charge is -2.22. The Labute approximate surface area is 217 Å². The molecule has 0 radical (unpaired) electrons. The number of fused-ring (bicyclic) bond motifs is 2. The minimum atomic E-state index is -0.298. The Morgan fingerprint density at radius 2 is 1.71 bits per heavy atom. The zero-order chi connectivity index (χ0) is 26.2. The average molecular weight is 501 g/mol. The molecule has 38 heavy (non-hydrogen) atoms. The first-order chi connectivity index (χ1) is 18.5. The van der Waals surface area contributed by atoms with E-state index in [0.29, 0.717) is 16.7 Å². The molecule has 4 heterocycles. The molecule has 0 saturated carbocycles. The third kappa shape index (κ3) is 4.02. The van der Waals surface area contributed by atoms with Crippen LogP contribution in [0.25, 0.3) is 38.6 Å². The van der Waals surface area contributed by atoms with Gasteiger partial charge < -0.3 is 9.88 Å². The largest absolute Gasteiger partial charge is 0.360 e. The van der Waals surface area contributed by atoms with Crippen LogP contribution in [0.15, 0.2) is 107 Å². The van der Waals surface area contributed by atoms with Crippen molar-refractivity contribution in [2.24, 2.45) is 7.05 Å². The minimum Gasteiger partial charge on any atom is -0.360 e. The van der Waals surface area contributed by atoms with Gasteiger partial charge in [-0.1, -0.05) is 36.4 Å². The summed E-state index contributed by atoms with van der Waals surface area (Å²) in [6.07, 6.45) is 4.97. The number of rotatable bonds is 5. The molecule has 0 aliphatic rings. The van der Waals surface area contributed by atoms with Crippen LogP contribution >= 0.6 is 0 Å². The van der Waals surface area contributed by atoms with Gasteiger partial charge in [0, 0.05) is 36.9 Å². The Hall–Kier alpha value is -5.11. The average Bonchev–Trinajstić information content (AvgIpc) is 2.94. The molecule has 8 nitrogen and oxygen atoms in total. The lowest BCUT2D eigenvalue weighted by atomic mass is 9.98. The number of para-hydroxylation sites is 1. The molecule has 1 atom stereocenters. The molecular formula is C30H24N6O2. The standard InChI is InChI=1S/C30H24N6O2/c1-19(34-29-28-24(32-18-33-29)12-7-15-31-28)25-16-20-8-6-11-23(21-13-14-26(37)35(2)17-21)27(20)30(38)36(25)22-9-4-3-5-10-22/h3-19H,1-2H3,(H,32,33,34)/t19-/m0/s1. The first kappa shape index (κ1) is 23.3. The summed E-state index contributed by atoms with van der Waals surface area (Å²) in [5.74, 6) is 0.592. The van der Waals surface area contributed by atoms with Gasteiger partial charge in [0.1, 0.15) is 11.8 Å². The van der Waals surface area contributed by atoms with Gasteiger partial charge in [-0.25, -0.2) is 9.97 Å². The van der Waals surface area contributed by atoms with Gasteiger partial charge in [-0.15, -0.1) is 0 Å². The maximum atomic E-state index is 14.3. The number of nitrogens with zero attached hydrogens (tertiary/aromatic N) is 5. The summed E-state index contributed by atoms with van der Waals surface area (Å²) >= 11 is 0. The van der Waals surface area contributed by atoms with Crippen molar-refractivity contribution in [3.8, 4) is 16.8 Å². The molecule has 6 rings (SSSR count). The van der Waals surface area contributed by atoms with E-state index in [9.17, 15) is 9.59 Å². The van der Waals surface area contributed by atoms with Crippen LogP contribution in [0.1, 0.15) is 18.7 Å². The molecule has 8 heteroatoms. The summed E-state index contributed by atoms with van der Waals surface area (Å²) in [7, 11) is 1.70. The van der Waals surface area contributed by atoms with Crippen LogP contribution in [0, 0.1) is 0 Å². The van der Waals surface area contributed by atoms with Crippen molar-refractivity contribution in [1.82, 2.24) is 24.1 Å². The van der Waals surface area contributed by atoms with E-state index in [1.165, 1.54) is 17.0 Å². The lowest BCUT2D eigenvalue weighted by Crippen LogP contribution is -2.26. The third-order valence-electron chi connectivity index (χ3n) is 6.68. The van der Waals surface area contributed by atoms with E-state index in [-0.39, 0.29) is 17.2 Å². The van der Waals surface area contributed by atoms with Crippen LogP contribution in [-0.2, 0) is 7.05 Å². The number of anilines is 1. The topological polar surface area (TPSA) is 94.7 Å². The number of benzene rings is 2. The first-order valence-electron chi connectivity index (χ1n) is 12.2. The van der Waals surface area contributed by atoms with Gasteiger partial charge in [-0.3, -0.25) is 19.1 Å². The molecule has 0 saturated heterocycles. The molecule has 0 spiro atoms. The molecular weight excluding hydrogens is 476 g/mol. The normalized spacial score (nSPS) is 12.1. The smallest absolute Gasteiger partial charge is 0.263 e. The van der Waals surface area contributed by atoms with Crippen molar-refractivity contribution in [3.05, 3.63) is 124 Å². The molecule has 0 amide bonds. The zero-order valence-electron chi connectivity index (χ0n) is 20.9. The fraction of sp³-hybridized carbons (Fsp3) is 0.100. The zero-order valence-corrected chi connectivity index (χ0v) is 20.9. The Kier molecular flexibility index (Phi) is 5.76. The minimum absolute atomic E-state index is 0.107. The van der Waals surface area contributed by atoms with Crippen molar-refractivity contribution in [2.45, 2.75) is 13.0 Å². The number of aryl methyl sites for hydroxylation is 1. The van der Waals surface area contributed by atoms with Crippen molar-refractivity contribution in [1.29, 1.82) is 0 Å². The van der Waals surface area contributed by atoms with Crippen LogP contribution in [0.4, 0.5) is 5.82 Å². The molecule has 4 aromatic heterocycles. The molecule has 186 valence electrons. The molecule has 0 unspecified atom stereocenters. The van der Waals surface area contributed by atoms with Crippen LogP contribution in [0.3, 0.4) is 0 Å². The highest BCUT2D eigenvalue weighted by Gasteiger charge is 2.20. The number of aromatic nitrogens is 5. The number of pyridine rings is 3. The lowest BCUT2D eigenvalue weighted by molar-refractivity contribution is 0.774. The Balaban J connectivity index is 1.57. The second-order valence-electron chi connectivity index (χ2n) is 9.14. The number of nitrogens with one attached hydrogen (secondary N) is 1. The van der Waals surface area contributed by atoms with Gasteiger partial charge in [0.2, 0.25) is 5.56 Å². The van der Waals surface area contributed by atoms with E-state index in [1.807, 2.05) is 73.7 Å². The second-order valence-corrected chi connectivity index (χ2v) is 9.14. The molecule has 2 aromatic carbocycles. The fourth-order valence-electron chi connectivity index (χ4n) is 4.82. The van der Waals surface area contributed by atoms with Crippen LogP contribution in [0.5, 0.6) is 0 Å². The van der Waals surface area contributed by atoms with E-state index in [2.05, 4.69) is 20.3 Å². The molecule has 6 aromatic rings. The summed E-state index contributed by atoms with van der Waals surface area (Å²) < 4.78 is 3.26. The van der Waals surface area contributed by atoms with Crippen LogP contribution in [0.2, 0.25) is 0 Å². The first-order valence-corrected chi connectivity index (χ1v) is 12.2. The van der Waals surface area contributed by atoms with Crippen molar-refractivity contribution >= 4 is 27.6 Å². The van der Waals surface area contributed by atoms with Crippen LogP contribution in [-0.4, -0.2) is 24.1 Å². The Morgan fingerprint density at radius 3 is 2.53 bits per heavy atom. The Morgan fingerprint density at radius 1 is 0.868 bits per heavy atom. The third-order valence-corrected chi connectivity index (χ3v) is 6.68. The van der Waals surface area contributed by atoms with Gasteiger partial charge in [0.05, 0.1) is 16.9 Å². The van der Waals surface area contributed by atoms with E-state index < -0.39 is 0 Å². The van der Waals surface area contributed by atoms with Crippen LogP contribution < -0.4 is 16.4 Å². The monoisotopic (exact) mass is 500 g/mol. The van der Waals surface area contributed by atoms with E-state index >= 15 is 0 Å². The van der Waals surface area contributed by atoms with Gasteiger partial charge in [-0.05, 0) is 59.8 Å². The highest BCUT2D eigenvalue weighted by Crippen LogP contribution is 2.30. The molecule has 0 fully saturated rings. The summed E-state index contributed by atoms with van der Waals surface area (Å²) in [6.45, 7) is 1.99. The maximum absolute atomic E-state index is 14.3. The predicted octanol–water partition coefficient (Wildman–Crippen LogP) is 4.87. The van der Waals surface area contributed by atoms with E-state index in [4.69, 9.17) is 0 Å². The second kappa shape index (κ2) is 9.40. The SMILES string of the molecule is C[C@H](Nc1ncnc2cccnc12)c1cc2cccc(-c3ccc(=O)n(C)c3)c2c(=O)n1-c1ccccc1. The van der Waals surface area contributed by atoms with E-state index in [0.717, 1.165) is 33.4 Å². The van der Waals surface area contributed by atoms with E-state index in [1.54, 1.807) is 30.1 Å². The fourth-order valence-corrected chi connectivity index (χ4v) is 4.82. The van der Waals surface area contributed by atoms with Gasteiger partial charge in [0.15, 0.2) is 5.82 Å². The summed E-state index contributed by atoms with van der Waals surface area (Å²) in [6, 6.07) is 24.1. The summed E-state index contributed by atoms with van der Waals surface area (Å²) in [4.78, 5) is 39.5. The summed E-state index contributed by atoms with van der Waals surface area (Å²) in [5.41, 5.74) is 4.24. The maximum Gasteiger partial charge on any atom is 0.263 e. The number of hydrogen-bond donors (Lipinski definition) is 1. The summed E-state index contributed by atoms with van der Waals surface area (Å²) in [5, 5.41) is 4.84. The molecule has 0 bridgehead atoms. The quantitative estimate of drug-likeness (QED) is 0.363. The highest BCUT2D eigenvalue weighted by molar-refractivity contribution is 5.96. The van der Waals surface area contributed by atoms with Gasteiger partial charge in [0.25, 0.3) is 5.56 Å². The van der Waals surface area contributed by atoms with Gasteiger partial charge >= 0.3 is 0 Å². The molecule has 0 aliphatic carbocycles. The highest BCUT2D eigenvalue weighted by atomic mass is 16.1. The van der Waals surface area contributed by atoms with Crippen molar-refractivity contribution in [2.75, 3.05) is 5.32 Å².